The van der Waals surface area contributed by atoms with Crippen molar-refractivity contribution in [1.29, 1.82) is 0 Å². The number of nitrogens with zero attached hydrogens (tertiary/aromatic N) is 2. The molecule has 0 bridgehead atoms. The number of carboxylic acid groups (broad SMARTS) is 1. The number of aromatic nitrogens is 2. The molecule has 0 aliphatic rings. The summed E-state index contributed by atoms with van der Waals surface area (Å²) in [6.45, 7) is 0. The highest BCUT2D eigenvalue weighted by Gasteiger charge is 1.98. The molecule has 0 unspecified atom stereocenters. The Morgan fingerprint density at radius 1 is 1.90 bits per heavy atom. The number of rotatable bonds is 1. The monoisotopic (exact) mass is 142 g/mol. The Morgan fingerprint density at radius 2 is 2.60 bits per heavy atom. The summed E-state index contributed by atoms with van der Waals surface area (Å²) in [7, 11) is 0. The predicted octanol–water partition coefficient (Wildman–Crippen LogP) is -0.313. The second-order valence-electron chi connectivity index (χ2n) is 1.58. The number of nitrogens with two attached hydrogens (primary N) is 1. The summed E-state index contributed by atoms with van der Waals surface area (Å²) >= 11 is 0. The zero-order valence-electron chi connectivity index (χ0n) is 4.98. The lowest BCUT2D eigenvalue weighted by Gasteiger charge is -1.99. The average molecular weight is 142 g/mol. The molecule has 1 aromatic rings. The first-order chi connectivity index (χ1) is 4.70. The molecular weight excluding hydrogens is 136 g/mol. The van der Waals surface area contributed by atoms with E-state index in [9.17, 15) is 4.79 Å². The minimum absolute atomic E-state index is 0.252. The number of amides is 1. The maximum absolute atomic E-state index is 9.99. The third kappa shape index (κ3) is 1.16. The largest absolute Gasteiger partial charge is 0.464 e. The van der Waals surface area contributed by atoms with E-state index in [2.05, 4.69) is 5.10 Å². The minimum atomic E-state index is -1.20. The van der Waals surface area contributed by atoms with E-state index in [1.54, 1.807) is 0 Å². The molecule has 1 aromatic heterocycles. The van der Waals surface area contributed by atoms with Gasteiger partial charge in [0.05, 0.1) is 6.20 Å². The summed E-state index contributed by atoms with van der Waals surface area (Å²) < 4.78 is 0. The van der Waals surface area contributed by atoms with Gasteiger partial charge in [0.1, 0.15) is 5.82 Å². The van der Waals surface area contributed by atoms with Crippen LogP contribution in [0.4, 0.5) is 10.6 Å². The summed E-state index contributed by atoms with van der Waals surface area (Å²) in [4.78, 5) is 11.0. The number of nitrogens with one attached hydrogen (secondary N) is 1. The fourth-order valence-electron chi connectivity index (χ4n) is 0.498. The molecule has 0 spiro atoms. The van der Waals surface area contributed by atoms with Gasteiger partial charge in [-0.2, -0.15) is 9.89 Å². The number of anilines is 1. The number of hydrogen-bond donors (Lipinski definition) is 3. The topological polar surface area (TPSA) is 93.2 Å². The third-order valence-electron chi connectivity index (χ3n) is 0.874. The second kappa shape index (κ2) is 2.26. The molecule has 0 aromatic carbocycles. The van der Waals surface area contributed by atoms with Crippen molar-refractivity contribution >= 4 is 11.9 Å². The zero-order chi connectivity index (χ0) is 7.56. The van der Waals surface area contributed by atoms with E-state index in [1.165, 1.54) is 12.3 Å². The SMILES string of the molecule is Nc1ccnn1NC(=O)O. The lowest BCUT2D eigenvalue weighted by molar-refractivity contribution is 0.205. The molecule has 0 aliphatic heterocycles. The molecule has 1 rings (SSSR count). The standard InChI is InChI=1S/C4H6N4O2/c5-3-1-2-6-8(3)7-4(9)10/h1-2,7H,5H2,(H,9,10). The van der Waals surface area contributed by atoms with Crippen molar-refractivity contribution in [1.82, 2.24) is 9.89 Å². The summed E-state index contributed by atoms with van der Waals surface area (Å²) in [5.74, 6) is 0.252. The maximum atomic E-state index is 9.99. The van der Waals surface area contributed by atoms with Gasteiger partial charge in [0.25, 0.3) is 0 Å². The molecule has 0 aliphatic carbocycles. The van der Waals surface area contributed by atoms with Gasteiger partial charge in [0.2, 0.25) is 0 Å². The van der Waals surface area contributed by atoms with E-state index in [4.69, 9.17) is 10.8 Å². The van der Waals surface area contributed by atoms with Crippen LogP contribution in [-0.2, 0) is 0 Å². The van der Waals surface area contributed by atoms with Gasteiger partial charge in [0, 0.05) is 6.07 Å². The average Bonchev–Trinajstić information content (AvgIpc) is 2.15. The first-order valence-corrected chi connectivity index (χ1v) is 2.49. The van der Waals surface area contributed by atoms with Crippen LogP contribution in [0.3, 0.4) is 0 Å². The molecule has 10 heavy (non-hydrogen) atoms. The molecule has 0 atom stereocenters. The Bertz CT molecular complexity index is 243. The summed E-state index contributed by atoms with van der Waals surface area (Å²) in [6.07, 6.45) is 0.195. The van der Waals surface area contributed by atoms with E-state index in [0.29, 0.717) is 0 Å². The predicted molar refractivity (Wildman–Crippen MR) is 34.0 cm³/mol. The van der Waals surface area contributed by atoms with Crippen LogP contribution in [0.2, 0.25) is 0 Å². The molecule has 54 valence electrons. The van der Waals surface area contributed by atoms with Gasteiger partial charge in [-0.1, -0.05) is 0 Å². The number of carbonyl (C=O) groups is 1. The molecule has 0 fully saturated rings. The van der Waals surface area contributed by atoms with Crippen LogP contribution in [0.5, 0.6) is 0 Å². The molecule has 1 heterocycles. The lowest BCUT2D eigenvalue weighted by Crippen LogP contribution is -2.23. The fraction of sp³-hybridized carbons (Fsp3) is 0. The Morgan fingerprint density at radius 3 is 3.00 bits per heavy atom. The van der Waals surface area contributed by atoms with E-state index >= 15 is 0 Å². The van der Waals surface area contributed by atoms with Crippen molar-refractivity contribution in [3.8, 4) is 0 Å². The third-order valence-corrected chi connectivity index (χ3v) is 0.874. The Balaban J connectivity index is 2.74. The number of nitrogen functional groups attached to an aromatic ring is 1. The molecular formula is C4H6N4O2. The van der Waals surface area contributed by atoms with Crippen LogP contribution in [0.1, 0.15) is 0 Å². The van der Waals surface area contributed by atoms with Crippen molar-refractivity contribution in [3.63, 3.8) is 0 Å². The van der Waals surface area contributed by atoms with Crippen LogP contribution in [0, 0.1) is 0 Å². The molecule has 0 saturated carbocycles. The molecule has 1 amide bonds. The lowest BCUT2D eigenvalue weighted by atomic mass is 10.7. The van der Waals surface area contributed by atoms with Gasteiger partial charge in [0.15, 0.2) is 0 Å². The van der Waals surface area contributed by atoms with E-state index in [0.717, 1.165) is 4.79 Å². The summed E-state index contributed by atoms with van der Waals surface area (Å²) in [5.41, 5.74) is 7.21. The van der Waals surface area contributed by atoms with E-state index < -0.39 is 6.09 Å². The Hall–Kier alpha value is -1.72. The molecule has 0 saturated heterocycles. The highest BCUT2D eigenvalue weighted by Crippen LogP contribution is 1.94. The van der Waals surface area contributed by atoms with Crippen molar-refractivity contribution in [2.75, 3.05) is 11.2 Å². The molecule has 6 nitrogen and oxygen atoms in total. The van der Waals surface area contributed by atoms with E-state index in [1.807, 2.05) is 5.43 Å². The minimum Gasteiger partial charge on any atom is -0.464 e. The molecule has 0 radical (unpaired) electrons. The van der Waals surface area contributed by atoms with Gasteiger partial charge in [-0.3, -0.25) is 0 Å². The van der Waals surface area contributed by atoms with Crippen LogP contribution >= 0.6 is 0 Å². The summed E-state index contributed by atoms with van der Waals surface area (Å²) in [6, 6.07) is 1.48. The van der Waals surface area contributed by atoms with Crippen LogP contribution in [0.15, 0.2) is 12.3 Å². The normalized spacial score (nSPS) is 9.20. The maximum Gasteiger partial charge on any atom is 0.425 e. The van der Waals surface area contributed by atoms with Crippen LogP contribution in [-0.4, -0.2) is 21.1 Å². The van der Waals surface area contributed by atoms with Gasteiger partial charge >= 0.3 is 6.09 Å². The van der Waals surface area contributed by atoms with Gasteiger partial charge in [-0.15, -0.1) is 0 Å². The molecule has 4 N–H and O–H groups in total. The first-order valence-electron chi connectivity index (χ1n) is 2.49. The smallest absolute Gasteiger partial charge is 0.425 e. The van der Waals surface area contributed by atoms with Crippen molar-refractivity contribution in [2.45, 2.75) is 0 Å². The first kappa shape index (κ1) is 6.40. The van der Waals surface area contributed by atoms with Crippen molar-refractivity contribution < 1.29 is 9.90 Å². The quantitative estimate of drug-likeness (QED) is 0.501. The highest BCUT2D eigenvalue weighted by molar-refractivity contribution is 5.73. The summed E-state index contributed by atoms with van der Waals surface area (Å²) in [5, 5.41) is 11.7. The van der Waals surface area contributed by atoms with E-state index in [-0.39, 0.29) is 5.82 Å². The zero-order valence-corrected chi connectivity index (χ0v) is 4.98. The van der Waals surface area contributed by atoms with Crippen molar-refractivity contribution in [3.05, 3.63) is 12.3 Å². The van der Waals surface area contributed by atoms with Gasteiger partial charge < -0.3 is 10.8 Å². The van der Waals surface area contributed by atoms with Crippen molar-refractivity contribution in [2.24, 2.45) is 0 Å². The Labute approximate surface area is 56.2 Å². The van der Waals surface area contributed by atoms with Gasteiger partial charge in [-0.25, -0.2) is 10.2 Å². The second-order valence-corrected chi connectivity index (χ2v) is 1.58. The Kier molecular flexibility index (Phi) is 1.44. The fourth-order valence-corrected chi connectivity index (χ4v) is 0.498. The molecule has 6 heteroatoms. The number of hydrogen-bond acceptors (Lipinski definition) is 3. The van der Waals surface area contributed by atoms with Crippen LogP contribution in [0.25, 0.3) is 0 Å². The highest BCUT2D eigenvalue weighted by atomic mass is 16.4. The van der Waals surface area contributed by atoms with Gasteiger partial charge in [-0.05, 0) is 0 Å². The van der Waals surface area contributed by atoms with Crippen LogP contribution < -0.4 is 11.2 Å².